The minimum Gasteiger partial charge on any atom is -0.443 e. The van der Waals surface area contributed by atoms with E-state index in [2.05, 4.69) is 4.74 Å². The molecule has 1 aromatic heterocycles. The molecule has 20 heavy (non-hydrogen) atoms. The van der Waals surface area contributed by atoms with Gasteiger partial charge in [0.15, 0.2) is 0 Å². The molecule has 0 spiro atoms. The molecular formula is C11H11F6NO2. The number of halogens is 6. The third-order valence-electron chi connectivity index (χ3n) is 2.04. The van der Waals surface area contributed by atoms with Crippen LogP contribution in [-0.2, 0) is 17.1 Å². The van der Waals surface area contributed by atoms with Crippen molar-refractivity contribution in [3.63, 3.8) is 0 Å². The van der Waals surface area contributed by atoms with Crippen LogP contribution in [0.25, 0.3) is 0 Å². The molecule has 0 unspecified atom stereocenters. The van der Waals surface area contributed by atoms with Gasteiger partial charge in [-0.2, -0.15) is 26.3 Å². The lowest BCUT2D eigenvalue weighted by atomic mass is 10.2. The number of rotatable bonds is 0. The van der Waals surface area contributed by atoms with E-state index < -0.39 is 40.0 Å². The topological polar surface area (TPSA) is 31.2 Å². The molecule has 0 N–H and O–H groups in total. The minimum atomic E-state index is -5.11. The van der Waals surface area contributed by atoms with Gasteiger partial charge in [-0.3, -0.25) is 0 Å². The molecule has 1 aromatic rings. The molecule has 0 fully saturated rings. The van der Waals surface area contributed by atoms with E-state index >= 15 is 0 Å². The van der Waals surface area contributed by atoms with Crippen molar-refractivity contribution in [3.05, 3.63) is 23.5 Å². The summed E-state index contributed by atoms with van der Waals surface area (Å²) in [5, 5.41) is 0. The molecule has 114 valence electrons. The van der Waals surface area contributed by atoms with Crippen molar-refractivity contribution in [2.45, 2.75) is 38.7 Å². The second-order valence-electron chi connectivity index (χ2n) is 4.92. The molecule has 0 aromatic carbocycles. The number of carbonyl (C=O) groups excluding carboxylic acids is 1. The summed E-state index contributed by atoms with van der Waals surface area (Å²) in [6, 6.07) is 0.374. The van der Waals surface area contributed by atoms with Crippen molar-refractivity contribution in [1.29, 1.82) is 0 Å². The van der Waals surface area contributed by atoms with E-state index in [1.807, 2.05) is 0 Å². The number of alkyl halides is 6. The van der Waals surface area contributed by atoms with E-state index in [1.54, 1.807) is 0 Å². The van der Waals surface area contributed by atoms with Gasteiger partial charge in [0.05, 0.1) is 0 Å². The fraction of sp³-hybridized carbons (Fsp3) is 0.545. The zero-order valence-corrected chi connectivity index (χ0v) is 10.7. The van der Waals surface area contributed by atoms with Crippen LogP contribution in [0.3, 0.4) is 0 Å². The fourth-order valence-electron chi connectivity index (χ4n) is 1.38. The lowest BCUT2D eigenvalue weighted by Crippen LogP contribution is -2.32. The molecule has 0 saturated heterocycles. The van der Waals surface area contributed by atoms with E-state index in [4.69, 9.17) is 0 Å². The molecule has 0 bridgehead atoms. The monoisotopic (exact) mass is 303 g/mol. The summed E-state index contributed by atoms with van der Waals surface area (Å²) in [4.78, 5) is 11.6. The van der Waals surface area contributed by atoms with Crippen LogP contribution >= 0.6 is 0 Å². The maximum absolute atomic E-state index is 12.6. The molecule has 1 rings (SSSR count). The summed E-state index contributed by atoms with van der Waals surface area (Å²) in [5.41, 5.74) is -4.70. The van der Waals surface area contributed by atoms with Crippen molar-refractivity contribution >= 4 is 6.09 Å². The van der Waals surface area contributed by atoms with E-state index in [1.165, 1.54) is 20.8 Å². The second-order valence-corrected chi connectivity index (χ2v) is 4.92. The molecule has 1 heterocycles. The van der Waals surface area contributed by atoms with Gasteiger partial charge in [0, 0.05) is 0 Å². The summed E-state index contributed by atoms with van der Waals surface area (Å²) in [7, 11) is 0. The van der Waals surface area contributed by atoms with Gasteiger partial charge < -0.3 is 4.74 Å². The summed E-state index contributed by atoms with van der Waals surface area (Å²) in [6.45, 7) is 3.98. The Balaban J connectivity index is 3.40. The Hall–Kier alpha value is -1.67. The third-order valence-corrected chi connectivity index (χ3v) is 2.04. The van der Waals surface area contributed by atoms with Crippen molar-refractivity contribution in [2.75, 3.05) is 0 Å². The molecule has 0 atom stereocenters. The average Bonchev–Trinajstić information content (AvgIpc) is 2.56. The van der Waals surface area contributed by atoms with Crippen molar-refractivity contribution in [1.82, 2.24) is 4.57 Å². The van der Waals surface area contributed by atoms with Crippen LogP contribution in [-0.4, -0.2) is 16.3 Å². The Morgan fingerprint density at radius 2 is 1.30 bits per heavy atom. The summed E-state index contributed by atoms with van der Waals surface area (Å²) in [5.74, 6) is 0. The smallest absolute Gasteiger partial charge is 0.431 e. The van der Waals surface area contributed by atoms with Crippen LogP contribution in [0.1, 0.15) is 32.2 Å². The highest BCUT2D eigenvalue weighted by Gasteiger charge is 2.44. The first-order valence-electron chi connectivity index (χ1n) is 5.33. The molecule has 0 aliphatic heterocycles. The zero-order chi connectivity index (χ0) is 15.9. The van der Waals surface area contributed by atoms with E-state index in [0.717, 1.165) is 0 Å². The van der Waals surface area contributed by atoms with Crippen molar-refractivity contribution < 1.29 is 35.9 Å². The van der Waals surface area contributed by atoms with Crippen LogP contribution in [0.5, 0.6) is 0 Å². The van der Waals surface area contributed by atoms with Gasteiger partial charge in [0.1, 0.15) is 17.0 Å². The number of nitrogens with zero attached hydrogens (tertiary/aromatic N) is 1. The van der Waals surface area contributed by atoms with Gasteiger partial charge in [-0.25, -0.2) is 9.36 Å². The normalized spacial score (nSPS) is 13.4. The van der Waals surface area contributed by atoms with Gasteiger partial charge in [0.25, 0.3) is 0 Å². The minimum absolute atomic E-state index is 0.187. The van der Waals surface area contributed by atoms with E-state index in [0.29, 0.717) is 0 Å². The summed E-state index contributed by atoms with van der Waals surface area (Å²) in [6.07, 6.45) is -12.0. The Kier molecular flexibility index (Phi) is 3.86. The molecule has 0 saturated carbocycles. The summed E-state index contributed by atoms with van der Waals surface area (Å²) < 4.78 is 80.0. The highest BCUT2D eigenvalue weighted by Crippen LogP contribution is 2.37. The average molecular weight is 303 g/mol. The van der Waals surface area contributed by atoms with Crippen LogP contribution in [0.2, 0.25) is 0 Å². The maximum Gasteiger partial charge on any atom is 0.431 e. The van der Waals surface area contributed by atoms with Gasteiger partial charge in [-0.1, -0.05) is 0 Å². The zero-order valence-electron chi connectivity index (χ0n) is 10.7. The van der Waals surface area contributed by atoms with E-state index in [9.17, 15) is 31.1 Å². The fourth-order valence-corrected chi connectivity index (χ4v) is 1.38. The third kappa shape index (κ3) is 3.67. The number of aromatic nitrogens is 1. The standard InChI is InChI=1S/C11H11F6NO2/c1-9(2,3)20-8(19)18-6(10(12,13)14)4-5-7(18)11(15,16)17/h4-5H,1-3H3. The SMILES string of the molecule is CC(C)(C)OC(=O)n1c(C(F)(F)F)ccc1C(F)(F)F. The van der Waals surface area contributed by atoms with Crippen LogP contribution in [0, 0.1) is 0 Å². The molecule has 0 amide bonds. The van der Waals surface area contributed by atoms with E-state index in [-0.39, 0.29) is 12.1 Å². The number of carbonyl (C=O) groups is 1. The maximum atomic E-state index is 12.6. The Bertz CT molecular complexity index is 475. The Morgan fingerprint density at radius 3 is 1.55 bits per heavy atom. The first-order chi connectivity index (χ1) is 8.73. The summed E-state index contributed by atoms with van der Waals surface area (Å²) >= 11 is 0. The molecule has 3 nitrogen and oxygen atoms in total. The molecule has 0 radical (unpaired) electrons. The second kappa shape index (κ2) is 4.71. The number of ether oxygens (including phenoxy) is 1. The van der Waals surface area contributed by atoms with Gasteiger partial charge in [-0.05, 0) is 32.9 Å². The van der Waals surface area contributed by atoms with Crippen LogP contribution < -0.4 is 0 Å². The van der Waals surface area contributed by atoms with Gasteiger partial charge in [0.2, 0.25) is 0 Å². The van der Waals surface area contributed by atoms with Crippen molar-refractivity contribution in [3.8, 4) is 0 Å². The van der Waals surface area contributed by atoms with Gasteiger partial charge >= 0.3 is 18.4 Å². The first kappa shape index (κ1) is 16.4. The highest BCUT2D eigenvalue weighted by molar-refractivity contribution is 5.73. The predicted octanol–water partition coefficient (Wildman–Crippen LogP) is 4.31. The first-order valence-corrected chi connectivity index (χ1v) is 5.33. The van der Waals surface area contributed by atoms with Crippen LogP contribution in [0.4, 0.5) is 31.1 Å². The van der Waals surface area contributed by atoms with Gasteiger partial charge in [-0.15, -0.1) is 0 Å². The van der Waals surface area contributed by atoms with Crippen LogP contribution in [0.15, 0.2) is 12.1 Å². The molecule has 9 heteroatoms. The molecular weight excluding hydrogens is 292 g/mol. The number of hydrogen-bond donors (Lipinski definition) is 0. The van der Waals surface area contributed by atoms with Crippen molar-refractivity contribution in [2.24, 2.45) is 0 Å². The largest absolute Gasteiger partial charge is 0.443 e. The lowest BCUT2D eigenvalue weighted by molar-refractivity contribution is -0.152. The Morgan fingerprint density at radius 1 is 0.950 bits per heavy atom. The Labute approximate surface area is 110 Å². The lowest BCUT2D eigenvalue weighted by Gasteiger charge is -2.22. The number of hydrogen-bond acceptors (Lipinski definition) is 2. The molecule has 0 aliphatic rings. The predicted molar refractivity (Wildman–Crippen MR) is 56.1 cm³/mol. The quantitative estimate of drug-likeness (QED) is 0.669. The molecule has 0 aliphatic carbocycles. The highest BCUT2D eigenvalue weighted by atomic mass is 19.4.